The average molecular weight is 372 g/mol. The average Bonchev–Trinajstić information content (AvgIpc) is 2.50. The molecule has 2 fully saturated rings. The van der Waals surface area contributed by atoms with Crippen molar-refractivity contribution in [3.05, 3.63) is 0 Å². The predicted molar refractivity (Wildman–Crippen MR) is 90.1 cm³/mol. The molecular weight excluding hydrogens is 344 g/mol. The smallest absolute Gasteiger partial charge is 0.410 e. The van der Waals surface area contributed by atoms with Gasteiger partial charge in [-0.05, 0) is 40.5 Å². The molecule has 2 saturated heterocycles. The summed E-state index contributed by atoms with van der Waals surface area (Å²) in [4.78, 5) is 44.3. The van der Waals surface area contributed by atoms with Crippen molar-refractivity contribution < 1.29 is 29.2 Å². The van der Waals surface area contributed by atoms with E-state index in [1.165, 1.54) is 4.90 Å². The molecule has 2 aliphatic heterocycles. The first-order valence-electron chi connectivity index (χ1n) is 8.82. The highest BCUT2D eigenvalue weighted by Crippen LogP contribution is 2.21. The molecule has 0 aromatic carbocycles. The third-order valence-corrected chi connectivity index (χ3v) is 4.32. The Kier molecular flexibility index (Phi) is 6.30. The Labute approximate surface area is 152 Å². The Balaban J connectivity index is 1.78. The summed E-state index contributed by atoms with van der Waals surface area (Å²) >= 11 is 0. The maximum atomic E-state index is 12.3. The quantitative estimate of drug-likeness (QED) is 0.549. The van der Waals surface area contributed by atoms with Crippen molar-refractivity contribution >= 4 is 18.0 Å². The van der Waals surface area contributed by atoms with Gasteiger partial charge >= 0.3 is 12.1 Å². The second-order valence-corrected chi connectivity index (χ2v) is 7.39. The fourth-order valence-electron chi connectivity index (χ4n) is 2.86. The van der Waals surface area contributed by atoms with Crippen LogP contribution in [0.1, 0.15) is 40.5 Å². The molecule has 148 valence electrons. The SMILES string of the molecule is CCN1C(=O)N(O)CCC1C(=O)NOC[C@@H]1CCN1C(=O)OC(C)(C)C. The molecule has 10 heteroatoms. The van der Waals surface area contributed by atoms with E-state index >= 15 is 0 Å². The number of nitrogens with one attached hydrogen (secondary N) is 1. The minimum atomic E-state index is -0.695. The molecule has 2 atom stereocenters. The van der Waals surface area contributed by atoms with Gasteiger partial charge in [0.15, 0.2) is 0 Å². The molecule has 0 radical (unpaired) electrons. The van der Waals surface area contributed by atoms with Gasteiger partial charge in [0.2, 0.25) is 0 Å². The number of carbonyl (C=O) groups is 3. The molecule has 2 aliphatic rings. The Morgan fingerprint density at radius 3 is 2.50 bits per heavy atom. The van der Waals surface area contributed by atoms with Gasteiger partial charge in [0.05, 0.1) is 19.2 Å². The number of amides is 4. The van der Waals surface area contributed by atoms with Crippen molar-refractivity contribution in [3.63, 3.8) is 0 Å². The van der Waals surface area contributed by atoms with E-state index in [0.29, 0.717) is 24.6 Å². The summed E-state index contributed by atoms with van der Waals surface area (Å²) in [6.07, 6.45) is 0.665. The topological polar surface area (TPSA) is 112 Å². The minimum Gasteiger partial charge on any atom is -0.444 e. The van der Waals surface area contributed by atoms with E-state index in [9.17, 15) is 19.6 Å². The number of nitrogens with zero attached hydrogens (tertiary/aromatic N) is 3. The number of urea groups is 1. The zero-order valence-corrected chi connectivity index (χ0v) is 15.7. The highest BCUT2D eigenvalue weighted by atomic mass is 16.7. The Bertz CT molecular complexity index is 549. The van der Waals surface area contributed by atoms with Crippen molar-refractivity contribution in [2.45, 2.75) is 58.2 Å². The number of likely N-dealkylation sites (N-methyl/N-ethyl adjacent to an activating group) is 1. The van der Waals surface area contributed by atoms with Crippen LogP contribution in [0, 0.1) is 0 Å². The molecule has 0 spiro atoms. The molecule has 2 N–H and O–H groups in total. The monoisotopic (exact) mass is 372 g/mol. The fraction of sp³-hybridized carbons (Fsp3) is 0.812. The van der Waals surface area contributed by atoms with E-state index in [0.717, 1.165) is 6.42 Å². The van der Waals surface area contributed by atoms with Gasteiger partial charge in [0, 0.05) is 13.1 Å². The lowest BCUT2D eigenvalue weighted by atomic mass is 10.1. The maximum Gasteiger partial charge on any atom is 0.410 e. The van der Waals surface area contributed by atoms with Crippen LogP contribution in [0.4, 0.5) is 9.59 Å². The van der Waals surface area contributed by atoms with E-state index in [1.807, 2.05) is 0 Å². The maximum absolute atomic E-state index is 12.3. The highest BCUT2D eigenvalue weighted by Gasteiger charge is 2.38. The van der Waals surface area contributed by atoms with Gasteiger partial charge in [-0.1, -0.05) is 0 Å². The second kappa shape index (κ2) is 8.09. The number of likely N-dealkylation sites (tertiary alicyclic amines) is 1. The normalized spacial score (nSPS) is 23.6. The van der Waals surface area contributed by atoms with E-state index in [2.05, 4.69) is 5.48 Å². The van der Waals surface area contributed by atoms with E-state index in [4.69, 9.17) is 9.57 Å². The lowest BCUT2D eigenvalue weighted by Crippen LogP contribution is -2.59. The third-order valence-electron chi connectivity index (χ3n) is 4.32. The number of carbonyl (C=O) groups excluding carboxylic acids is 3. The van der Waals surface area contributed by atoms with Crippen LogP contribution < -0.4 is 5.48 Å². The van der Waals surface area contributed by atoms with Crippen molar-refractivity contribution in [2.24, 2.45) is 0 Å². The summed E-state index contributed by atoms with van der Waals surface area (Å²) in [5.41, 5.74) is 1.78. The molecule has 26 heavy (non-hydrogen) atoms. The molecule has 2 rings (SSSR count). The third kappa shape index (κ3) is 4.76. The van der Waals surface area contributed by atoms with Crippen LogP contribution >= 0.6 is 0 Å². The number of rotatable bonds is 5. The molecule has 0 aromatic rings. The van der Waals surface area contributed by atoms with Crippen LogP contribution in [-0.4, -0.2) is 82.0 Å². The van der Waals surface area contributed by atoms with Crippen LogP contribution in [0.25, 0.3) is 0 Å². The van der Waals surface area contributed by atoms with E-state index in [-0.39, 0.29) is 19.2 Å². The van der Waals surface area contributed by atoms with Crippen LogP contribution in [0.2, 0.25) is 0 Å². The van der Waals surface area contributed by atoms with Crippen LogP contribution in [0.5, 0.6) is 0 Å². The highest BCUT2D eigenvalue weighted by molar-refractivity contribution is 5.87. The largest absolute Gasteiger partial charge is 0.444 e. The molecule has 10 nitrogen and oxygen atoms in total. The number of ether oxygens (including phenoxy) is 1. The molecule has 1 unspecified atom stereocenters. The number of hydrogen-bond acceptors (Lipinski definition) is 6. The first-order chi connectivity index (χ1) is 12.1. The number of hydrogen-bond donors (Lipinski definition) is 2. The molecule has 0 bridgehead atoms. The molecular formula is C16H28N4O6. The predicted octanol–water partition coefficient (Wildman–Crippen LogP) is 0.949. The lowest BCUT2D eigenvalue weighted by molar-refractivity contribution is -0.146. The zero-order chi connectivity index (χ0) is 19.5. The summed E-state index contributed by atoms with van der Waals surface area (Å²) in [5, 5.41) is 10.1. The summed E-state index contributed by atoms with van der Waals surface area (Å²) < 4.78 is 5.32. The standard InChI is InChI=1S/C16H28N4O6/c1-5-18-12(7-9-20(24)14(18)22)13(21)17-25-10-11-6-8-19(11)15(23)26-16(2,3)4/h11-12,24H,5-10H2,1-4H3,(H,17,21)/t11-,12?/m0/s1. The number of hydroxylamine groups is 3. The van der Waals surface area contributed by atoms with Gasteiger partial charge < -0.3 is 14.5 Å². The van der Waals surface area contributed by atoms with Gasteiger partial charge in [-0.2, -0.15) is 0 Å². The lowest BCUT2D eigenvalue weighted by Gasteiger charge is -2.41. The van der Waals surface area contributed by atoms with Crippen molar-refractivity contribution in [1.29, 1.82) is 0 Å². The van der Waals surface area contributed by atoms with E-state index in [1.54, 1.807) is 32.6 Å². The summed E-state index contributed by atoms with van der Waals surface area (Å²) in [6.45, 7) is 8.24. The van der Waals surface area contributed by atoms with E-state index < -0.39 is 29.7 Å². The molecule has 0 aromatic heterocycles. The molecule has 4 amide bonds. The Morgan fingerprint density at radius 2 is 1.96 bits per heavy atom. The van der Waals surface area contributed by atoms with Gasteiger partial charge in [0.25, 0.3) is 5.91 Å². The van der Waals surface area contributed by atoms with Crippen LogP contribution in [-0.2, 0) is 14.4 Å². The van der Waals surface area contributed by atoms with Gasteiger partial charge in [0.1, 0.15) is 11.6 Å². The molecule has 2 heterocycles. The summed E-state index contributed by atoms with van der Waals surface area (Å²) in [6, 6.07) is -1.46. The second-order valence-electron chi connectivity index (χ2n) is 7.39. The Morgan fingerprint density at radius 1 is 1.27 bits per heavy atom. The fourth-order valence-corrected chi connectivity index (χ4v) is 2.86. The van der Waals surface area contributed by atoms with Crippen LogP contribution in [0.15, 0.2) is 0 Å². The van der Waals surface area contributed by atoms with Crippen LogP contribution in [0.3, 0.4) is 0 Å². The van der Waals surface area contributed by atoms with Crippen molar-refractivity contribution in [1.82, 2.24) is 20.3 Å². The van der Waals surface area contributed by atoms with Crippen molar-refractivity contribution in [3.8, 4) is 0 Å². The molecule has 0 aliphatic carbocycles. The first kappa shape index (κ1) is 20.2. The first-order valence-corrected chi connectivity index (χ1v) is 8.82. The van der Waals surface area contributed by atoms with Gasteiger partial charge in [-0.15, -0.1) is 0 Å². The Hall–Kier alpha value is -2.07. The van der Waals surface area contributed by atoms with Gasteiger partial charge in [-0.3, -0.25) is 14.8 Å². The van der Waals surface area contributed by atoms with Crippen molar-refractivity contribution in [2.75, 3.05) is 26.2 Å². The molecule has 0 saturated carbocycles. The van der Waals surface area contributed by atoms with Gasteiger partial charge in [-0.25, -0.2) is 20.1 Å². The minimum absolute atomic E-state index is 0.0858. The summed E-state index contributed by atoms with van der Waals surface area (Å²) in [5.74, 6) is -0.448. The summed E-state index contributed by atoms with van der Waals surface area (Å²) in [7, 11) is 0. The zero-order valence-electron chi connectivity index (χ0n) is 15.7.